The Balaban J connectivity index is 1.40. The number of hydrogen-bond acceptors (Lipinski definition) is 4. The fourth-order valence-corrected chi connectivity index (χ4v) is 3.32. The van der Waals surface area contributed by atoms with E-state index in [1.54, 1.807) is 28.0 Å². The van der Waals surface area contributed by atoms with Crippen molar-refractivity contribution < 1.29 is 14.7 Å². The highest BCUT2D eigenvalue weighted by Gasteiger charge is 2.26. The average molecular weight is 365 g/mol. The van der Waals surface area contributed by atoms with Crippen LogP contribution in [0.25, 0.3) is 5.69 Å². The number of rotatable bonds is 4. The smallest absolute Gasteiger partial charge is 0.338 e. The van der Waals surface area contributed by atoms with Crippen LogP contribution < -0.4 is 0 Å². The number of aromatic nitrogens is 4. The van der Waals surface area contributed by atoms with Crippen LogP contribution in [0.1, 0.15) is 39.6 Å². The van der Waals surface area contributed by atoms with Crippen LogP contribution in [0.5, 0.6) is 0 Å². The molecule has 0 unspecified atom stereocenters. The molecular weight excluding hydrogens is 346 g/mol. The third kappa shape index (κ3) is 3.46. The van der Waals surface area contributed by atoms with E-state index in [1.165, 1.54) is 6.20 Å². The molecule has 3 heterocycles. The van der Waals surface area contributed by atoms with E-state index in [0.717, 1.165) is 18.5 Å². The van der Waals surface area contributed by atoms with Gasteiger partial charge in [0.1, 0.15) is 0 Å². The summed E-state index contributed by atoms with van der Waals surface area (Å²) in [5.41, 5.74) is 1.65. The summed E-state index contributed by atoms with van der Waals surface area (Å²) >= 11 is 0. The number of piperidine rings is 1. The first-order valence-corrected chi connectivity index (χ1v) is 8.78. The van der Waals surface area contributed by atoms with E-state index < -0.39 is 5.97 Å². The number of aromatic carboxylic acids is 1. The second-order valence-corrected chi connectivity index (χ2v) is 6.55. The minimum atomic E-state index is -0.982. The lowest BCUT2D eigenvalue weighted by Crippen LogP contribution is -2.39. The highest BCUT2D eigenvalue weighted by molar-refractivity contribution is 5.93. The number of carbonyl (C=O) groups excluding carboxylic acids is 1. The number of carboxylic acid groups (broad SMARTS) is 1. The molecule has 8 heteroatoms. The number of carboxylic acids is 1. The summed E-state index contributed by atoms with van der Waals surface area (Å²) in [6.45, 7) is 1.20. The molecule has 1 aromatic carbocycles. The van der Waals surface area contributed by atoms with Crippen molar-refractivity contribution in [3.05, 3.63) is 66.2 Å². The Kier molecular flexibility index (Phi) is 4.45. The molecule has 1 fully saturated rings. The zero-order valence-electron chi connectivity index (χ0n) is 14.6. The number of benzene rings is 1. The van der Waals surface area contributed by atoms with Crippen molar-refractivity contribution >= 4 is 11.9 Å². The lowest BCUT2D eigenvalue weighted by atomic mass is 10.0. The van der Waals surface area contributed by atoms with Crippen molar-refractivity contribution in [1.29, 1.82) is 0 Å². The van der Waals surface area contributed by atoms with Gasteiger partial charge in [0.15, 0.2) is 0 Å². The van der Waals surface area contributed by atoms with E-state index in [4.69, 9.17) is 5.11 Å². The molecule has 0 saturated carbocycles. The van der Waals surface area contributed by atoms with E-state index in [2.05, 4.69) is 10.2 Å². The first-order valence-electron chi connectivity index (χ1n) is 8.78. The summed E-state index contributed by atoms with van der Waals surface area (Å²) in [5.74, 6) is -1.02. The largest absolute Gasteiger partial charge is 0.478 e. The number of hydrogen-bond donors (Lipinski definition) is 1. The average Bonchev–Trinajstić information content (AvgIpc) is 3.38. The minimum Gasteiger partial charge on any atom is -0.478 e. The molecule has 0 atom stereocenters. The number of likely N-dealkylation sites (tertiary alicyclic amines) is 1. The van der Waals surface area contributed by atoms with Gasteiger partial charge in [0.2, 0.25) is 0 Å². The van der Waals surface area contributed by atoms with Crippen LogP contribution >= 0.6 is 0 Å². The normalized spacial score (nSPS) is 15.0. The van der Waals surface area contributed by atoms with Gasteiger partial charge in [-0.05, 0) is 25.0 Å². The Hall–Kier alpha value is -3.42. The van der Waals surface area contributed by atoms with Crippen LogP contribution in [0.4, 0.5) is 0 Å². The van der Waals surface area contributed by atoms with E-state index >= 15 is 0 Å². The molecule has 2 aromatic heterocycles. The fourth-order valence-electron chi connectivity index (χ4n) is 3.32. The lowest BCUT2D eigenvalue weighted by Gasteiger charge is -2.31. The quantitative estimate of drug-likeness (QED) is 0.765. The molecule has 1 aliphatic heterocycles. The Bertz CT molecular complexity index is 955. The first-order chi connectivity index (χ1) is 13.1. The molecule has 0 radical (unpaired) electrons. The minimum absolute atomic E-state index is 0.0395. The van der Waals surface area contributed by atoms with Crippen molar-refractivity contribution in [1.82, 2.24) is 24.5 Å². The Labute approximate surface area is 155 Å². The van der Waals surface area contributed by atoms with Gasteiger partial charge in [-0.2, -0.15) is 10.2 Å². The number of para-hydroxylation sites is 1. The van der Waals surface area contributed by atoms with Gasteiger partial charge in [-0.1, -0.05) is 18.2 Å². The second kappa shape index (κ2) is 7.06. The van der Waals surface area contributed by atoms with Gasteiger partial charge in [0.05, 0.1) is 35.2 Å². The molecule has 1 saturated heterocycles. The lowest BCUT2D eigenvalue weighted by molar-refractivity contribution is 0.0688. The standard InChI is InChI=1S/C19H19N5O3/c25-18(14-10-20-23(12-14)16-4-2-1-3-5-16)22-8-6-17(7-9-22)24-13-15(11-21-24)19(26)27/h1-5,10-13,17H,6-9H2,(H,26,27). The molecule has 1 N–H and O–H groups in total. The summed E-state index contributed by atoms with van der Waals surface area (Å²) < 4.78 is 3.38. The van der Waals surface area contributed by atoms with Gasteiger partial charge in [0, 0.05) is 25.5 Å². The maximum Gasteiger partial charge on any atom is 0.338 e. The Morgan fingerprint density at radius 2 is 1.67 bits per heavy atom. The predicted octanol–water partition coefficient (Wildman–Crippen LogP) is 2.24. The van der Waals surface area contributed by atoms with Crippen LogP contribution in [-0.4, -0.2) is 54.5 Å². The molecule has 138 valence electrons. The molecule has 1 amide bonds. The Morgan fingerprint density at radius 1 is 0.963 bits per heavy atom. The van der Waals surface area contributed by atoms with Gasteiger partial charge < -0.3 is 10.0 Å². The fraction of sp³-hybridized carbons (Fsp3) is 0.263. The van der Waals surface area contributed by atoms with Crippen LogP contribution in [-0.2, 0) is 0 Å². The SMILES string of the molecule is O=C(O)c1cnn(C2CCN(C(=O)c3cnn(-c4ccccc4)c3)CC2)c1. The number of amides is 1. The highest BCUT2D eigenvalue weighted by Crippen LogP contribution is 2.23. The molecule has 4 rings (SSSR count). The van der Waals surface area contributed by atoms with Gasteiger partial charge in [0.25, 0.3) is 5.91 Å². The molecule has 0 bridgehead atoms. The molecule has 8 nitrogen and oxygen atoms in total. The molecule has 0 spiro atoms. The Morgan fingerprint density at radius 3 is 2.33 bits per heavy atom. The van der Waals surface area contributed by atoms with Crippen molar-refractivity contribution in [2.24, 2.45) is 0 Å². The van der Waals surface area contributed by atoms with E-state index in [0.29, 0.717) is 18.7 Å². The predicted molar refractivity (Wildman–Crippen MR) is 96.9 cm³/mol. The van der Waals surface area contributed by atoms with Crippen LogP contribution in [0.3, 0.4) is 0 Å². The summed E-state index contributed by atoms with van der Waals surface area (Å²) in [6.07, 6.45) is 7.72. The molecular formula is C19H19N5O3. The van der Waals surface area contributed by atoms with Gasteiger partial charge in [-0.15, -0.1) is 0 Å². The number of carbonyl (C=O) groups is 2. The zero-order valence-corrected chi connectivity index (χ0v) is 14.6. The van der Waals surface area contributed by atoms with Crippen LogP contribution in [0.2, 0.25) is 0 Å². The van der Waals surface area contributed by atoms with Crippen molar-refractivity contribution in [2.45, 2.75) is 18.9 Å². The molecule has 1 aliphatic rings. The second-order valence-electron chi connectivity index (χ2n) is 6.55. The maximum absolute atomic E-state index is 12.8. The van der Waals surface area contributed by atoms with Crippen LogP contribution in [0, 0.1) is 0 Å². The maximum atomic E-state index is 12.8. The third-order valence-electron chi connectivity index (χ3n) is 4.82. The molecule has 27 heavy (non-hydrogen) atoms. The van der Waals surface area contributed by atoms with Crippen molar-refractivity contribution in [3.8, 4) is 5.69 Å². The van der Waals surface area contributed by atoms with Gasteiger partial charge in [-0.25, -0.2) is 9.48 Å². The zero-order chi connectivity index (χ0) is 18.8. The third-order valence-corrected chi connectivity index (χ3v) is 4.82. The summed E-state index contributed by atoms with van der Waals surface area (Å²) in [6, 6.07) is 9.75. The van der Waals surface area contributed by atoms with Crippen molar-refractivity contribution in [2.75, 3.05) is 13.1 Å². The molecule has 0 aliphatic carbocycles. The topological polar surface area (TPSA) is 93.2 Å². The monoisotopic (exact) mass is 365 g/mol. The van der Waals surface area contributed by atoms with E-state index in [-0.39, 0.29) is 17.5 Å². The van der Waals surface area contributed by atoms with Crippen molar-refractivity contribution in [3.63, 3.8) is 0 Å². The summed E-state index contributed by atoms with van der Waals surface area (Å²) in [5, 5.41) is 17.4. The van der Waals surface area contributed by atoms with E-state index in [9.17, 15) is 9.59 Å². The molecule has 3 aromatic rings. The number of nitrogens with zero attached hydrogens (tertiary/aromatic N) is 5. The first kappa shape index (κ1) is 17.0. The highest BCUT2D eigenvalue weighted by atomic mass is 16.4. The van der Waals surface area contributed by atoms with Gasteiger partial charge >= 0.3 is 5.97 Å². The van der Waals surface area contributed by atoms with E-state index in [1.807, 2.05) is 35.2 Å². The summed E-state index contributed by atoms with van der Waals surface area (Å²) in [7, 11) is 0. The summed E-state index contributed by atoms with van der Waals surface area (Å²) in [4.78, 5) is 25.5. The van der Waals surface area contributed by atoms with Crippen LogP contribution in [0.15, 0.2) is 55.1 Å². The van der Waals surface area contributed by atoms with Gasteiger partial charge in [-0.3, -0.25) is 9.48 Å².